The molecule has 1 fully saturated rings. The molecule has 1 aromatic carbocycles. The zero-order valence-electron chi connectivity index (χ0n) is 11.1. The van der Waals surface area contributed by atoms with E-state index in [9.17, 15) is 4.79 Å². The van der Waals surface area contributed by atoms with Gasteiger partial charge in [0.2, 0.25) is 11.0 Å². The lowest BCUT2D eigenvalue weighted by atomic mass is 10.2. The molecule has 1 aliphatic rings. The first-order valence-electron chi connectivity index (χ1n) is 6.54. The highest BCUT2D eigenvalue weighted by Gasteiger charge is 2.27. The Balaban J connectivity index is 1.52. The number of amides is 1. The Bertz CT molecular complexity index is 622. The highest BCUT2D eigenvalue weighted by Crippen LogP contribution is 2.42. The normalized spacial score (nSPS) is 14.2. The zero-order chi connectivity index (χ0) is 13.9. The smallest absolute Gasteiger partial charge is 0.236 e. The van der Waals surface area contributed by atoms with Gasteiger partial charge in [0.1, 0.15) is 5.01 Å². The zero-order valence-corrected chi connectivity index (χ0v) is 12.8. The highest BCUT2D eigenvalue weighted by atomic mass is 32.2. The van der Waals surface area contributed by atoms with Crippen LogP contribution in [0, 0.1) is 6.92 Å². The molecule has 1 N–H and O–H groups in total. The second-order valence-corrected chi connectivity index (χ2v) is 6.85. The van der Waals surface area contributed by atoms with Gasteiger partial charge in [0.05, 0.1) is 5.75 Å². The van der Waals surface area contributed by atoms with E-state index in [0.717, 1.165) is 9.90 Å². The Hall–Kier alpha value is -1.40. The van der Waals surface area contributed by atoms with Gasteiger partial charge in [0.25, 0.3) is 0 Å². The number of nitrogens with one attached hydrogen (secondary N) is 1. The van der Waals surface area contributed by atoms with Crippen molar-refractivity contribution in [3.05, 3.63) is 34.8 Å². The number of carbonyl (C=O) groups is 1. The summed E-state index contributed by atoms with van der Waals surface area (Å²) in [6, 6.07) is 8.07. The fourth-order valence-electron chi connectivity index (χ4n) is 1.80. The highest BCUT2D eigenvalue weighted by molar-refractivity contribution is 8.00. The summed E-state index contributed by atoms with van der Waals surface area (Å²) in [6.07, 6.45) is 2.40. The molecule has 0 aliphatic heterocycles. The molecule has 2 aromatic rings. The summed E-state index contributed by atoms with van der Waals surface area (Å²) in [5, 5.41) is 12.6. The van der Waals surface area contributed by atoms with Crippen LogP contribution in [-0.2, 0) is 4.79 Å². The number of aryl methyl sites for hydroxylation is 1. The fourth-order valence-corrected chi connectivity index (χ4v) is 3.56. The van der Waals surface area contributed by atoms with Crippen LogP contribution in [-0.4, -0.2) is 21.9 Å². The average molecular weight is 305 g/mol. The van der Waals surface area contributed by atoms with Crippen molar-refractivity contribution in [2.75, 3.05) is 11.1 Å². The molecule has 20 heavy (non-hydrogen) atoms. The van der Waals surface area contributed by atoms with Gasteiger partial charge in [-0.3, -0.25) is 10.1 Å². The summed E-state index contributed by atoms with van der Waals surface area (Å²) in [6.45, 7) is 2.05. The minimum Gasteiger partial charge on any atom is -0.300 e. The van der Waals surface area contributed by atoms with E-state index in [1.165, 1.54) is 29.7 Å². The number of benzene rings is 1. The Labute approximate surface area is 126 Å². The standard InChI is InChI=1S/C14H15N3OS2/c1-9-4-2-3-5-11(9)19-8-12(18)15-14-17-16-13(20-14)10-6-7-10/h2-5,10H,6-8H2,1H3,(H,15,17,18). The molecule has 0 radical (unpaired) electrons. The van der Waals surface area contributed by atoms with Gasteiger partial charge in [-0.1, -0.05) is 29.5 Å². The molecule has 3 rings (SSSR count). The molecule has 1 amide bonds. The SMILES string of the molecule is Cc1ccccc1SCC(=O)Nc1nnc(C2CC2)s1. The maximum absolute atomic E-state index is 11.9. The van der Waals surface area contributed by atoms with Gasteiger partial charge in [-0.05, 0) is 31.4 Å². The summed E-state index contributed by atoms with van der Waals surface area (Å²) >= 11 is 3.04. The Morgan fingerprint density at radius 1 is 1.40 bits per heavy atom. The molecule has 0 bridgehead atoms. The molecular weight excluding hydrogens is 290 g/mol. The predicted octanol–water partition coefficient (Wildman–Crippen LogP) is 3.45. The van der Waals surface area contributed by atoms with Crippen LogP contribution in [0.1, 0.15) is 29.3 Å². The third kappa shape index (κ3) is 3.37. The van der Waals surface area contributed by atoms with Crippen molar-refractivity contribution >= 4 is 34.1 Å². The largest absolute Gasteiger partial charge is 0.300 e. The van der Waals surface area contributed by atoms with Crippen molar-refractivity contribution in [1.82, 2.24) is 10.2 Å². The molecule has 1 saturated carbocycles. The third-order valence-corrected chi connectivity index (χ3v) is 5.24. The Morgan fingerprint density at radius 3 is 2.95 bits per heavy atom. The molecule has 0 spiro atoms. The van der Waals surface area contributed by atoms with Crippen molar-refractivity contribution in [3.8, 4) is 0 Å². The van der Waals surface area contributed by atoms with Gasteiger partial charge < -0.3 is 0 Å². The van der Waals surface area contributed by atoms with Crippen LogP contribution in [0.2, 0.25) is 0 Å². The Kier molecular flexibility index (Phi) is 4.03. The van der Waals surface area contributed by atoms with E-state index in [2.05, 4.69) is 15.5 Å². The van der Waals surface area contributed by atoms with Crippen molar-refractivity contribution in [1.29, 1.82) is 0 Å². The number of nitrogens with zero attached hydrogens (tertiary/aromatic N) is 2. The molecule has 6 heteroatoms. The first-order chi connectivity index (χ1) is 9.72. The van der Waals surface area contributed by atoms with E-state index < -0.39 is 0 Å². The summed E-state index contributed by atoms with van der Waals surface area (Å²) in [7, 11) is 0. The summed E-state index contributed by atoms with van der Waals surface area (Å²) in [4.78, 5) is 13.0. The minimum atomic E-state index is -0.0308. The number of rotatable bonds is 5. The maximum Gasteiger partial charge on any atom is 0.236 e. The molecule has 104 valence electrons. The van der Waals surface area contributed by atoms with Crippen molar-refractivity contribution < 1.29 is 4.79 Å². The lowest BCUT2D eigenvalue weighted by Gasteiger charge is -2.04. The van der Waals surface area contributed by atoms with Crippen molar-refractivity contribution in [2.24, 2.45) is 0 Å². The van der Waals surface area contributed by atoms with Crippen molar-refractivity contribution in [3.63, 3.8) is 0 Å². The van der Waals surface area contributed by atoms with Gasteiger partial charge >= 0.3 is 0 Å². The van der Waals surface area contributed by atoms with Crippen molar-refractivity contribution in [2.45, 2.75) is 30.6 Å². The summed E-state index contributed by atoms with van der Waals surface area (Å²) in [5.41, 5.74) is 1.19. The van der Waals surface area contributed by atoms with Crippen LogP contribution in [0.15, 0.2) is 29.2 Å². The Morgan fingerprint density at radius 2 is 2.20 bits per heavy atom. The van der Waals surface area contributed by atoms with Gasteiger partial charge in [-0.2, -0.15) is 0 Å². The fraction of sp³-hybridized carbons (Fsp3) is 0.357. The summed E-state index contributed by atoms with van der Waals surface area (Å²) < 4.78 is 0. The first-order valence-corrected chi connectivity index (χ1v) is 8.34. The quantitative estimate of drug-likeness (QED) is 0.860. The number of aromatic nitrogens is 2. The topological polar surface area (TPSA) is 54.9 Å². The first kappa shape index (κ1) is 13.6. The van der Waals surface area contributed by atoms with Crippen LogP contribution in [0.5, 0.6) is 0 Å². The third-order valence-electron chi connectivity index (χ3n) is 3.07. The van der Waals surface area contributed by atoms with E-state index in [4.69, 9.17) is 0 Å². The van der Waals surface area contributed by atoms with Crippen LogP contribution in [0.25, 0.3) is 0 Å². The number of anilines is 1. The monoisotopic (exact) mass is 305 g/mol. The number of hydrogen-bond acceptors (Lipinski definition) is 5. The van der Waals surface area contributed by atoms with E-state index in [-0.39, 0.29) is 5.91 Å². The van der Waals surface area contributed by atoms with E-state index >= 15 is 0 Å². The number of thioether (sulfide) groups is 1. The average Bonchev–Trinajstić information content (AvgIpc) is 3.19. The minimum absolute atomic E-state index is 0.0308. The number of carbonyl (C=O) groups excluding carboxylic acids is 1. The second kappa shape index (κ2) is 5.93. The molecule has 4 nitrogen and oxygen atoms in total. The molecule has 0 atom stereocenters. The molecular formula is C14H15N3OS2. The molecule has 1 aromatic heterocycles. The molecule has 1 aliphatic carbocycles. The molecule has 0 unspecified atom stereocenters. The molecule has 0 saturated heterocycles. The van der Waals surface area contributed by atoms with E-state index in [1.807, 2.05) is 31.2 Å². The van der Waals surface area contributed by atoms with Gasteiger partial charge in [0, 0.05) is 10.8 Å². The maximum atomic E-state index is 11.9. The lowest BCUT2D eigenvalue weighted by Crippen LogP contribution is -2.13. The van der Waals surface area contributed by atoms with Gasteiger partial charge in [-0.15, -0.1) is 22.0 Å². The lowest BCUT2D eigenvalue weighted by molar-refractivity contribution is -0.113. The van der Waals surface area contributed by atoms with Crippen LogP contribution < -0.4 is 5.32 Å². The van der Waals surface area contributed by atoms with Crippen LogP contribution >= 0.6 is 23.1 Å². The van der Waals surface area contributed by atoms with Crippen LogP contribution in [0.4, 0.5) is 5.13 Å². The van der Waals surface area contributed by atoms with Crippen LogP contribution in [0.3, 0.4) is 0 Å². The van der Waals surface area contributed by atoms with E-state index in [0.29, 0.717) is 16.8 Å². The van der Waals surface area contributed by atoms with E-state index in [1.54, 1.807) is 11.8 Å². The summed E-state index contributed by atoms with van der Waals surface area (Å²) in [5.74, 6) is 0.944. The second-order valence-electron chi connectivity index (χ2n) is 4.82. The number of hydrogen-bond donors (Lipinski definition) is 1. The molecule has 1 heterocycles. The van der Waals surface area contributed by atoms with Gasteiger partial charge in [-0.25, -0.2) is 0 Å². The van der Waals surface area contributed by atoms with Gasteiger partial charge in [0.15, 0.2) is 0 Å². The predicted molar refractivity (Wildman–Crippen MR) is 82.4 cm³/mol.